The van der Waals surface area contributed by atoms with Crippen molar-refractivity contribution < 1.29 is 9.53 Å². The molecule has 1 heterocycles. The summed E-state index contributed by atoms with van der Waals surface area (Å²) in [7, 11) is 0. The van der Waals surface area contributed by atoms with Gasteiger partial charge >= 0.3 is 0 Å². The van der Waals surface area contributed by atoms with Crippen LogP contribution in [-0.4, -0.2) is 12.4 Å². The number of hydrogen-bond donors (Lipinski definition) is 0. The van der Waals surface area contributed by atoms with Crippen LogP contribution >= 0.6 is 0 Å². The summed E-state index contributed by atoms with van der Waals surface area (Å²) < 4.78 is 5.95. The smallest absolute Gasteiger partial charge is 0.157 e. The van der Waals surface area contributed by atoms with Gasteiger partial charge in [0.15, 0.2) is 5.78 Å². The monoisotopic (exact) mass is 262 g/mol. The highest BCUT2D eigenvalue weighted by molar-refractivity contribution is 6.07. The Morgan fingerprint density at radius 3 is 2.55 bits per heavy atom. The van der Waals surface area contributed by atoms with Crippen LogP contribution < -0.4 is 4.74 Å². The van der Waals surface area contributed by atoms with E-state index >= 15 is 0 Å². The summed E-state index contributed by atoms with van der Waals surface area (Å²) in [6, 6.07) is 18.2. The molecule has 0 amide bonds. The van der Waals surface area contributed by atoms with Crippen molar-refractivity contribution in [3.05, 3.63) is 71.8 Å². The normalized spacial score (nSPS) is 23.6. The van der Waals surface area contributed by atoms with Gasteiger partial charge in [0.2, 0.25) is 0 Å². The molecule has 0 radical (unpaired) electrons. The maximum Gasteiger partial charge on any atom is 0.157 e. The van der Waals surface area contributed by atoms with Crippen LogP contribution in [0.5, 0.6) is 5.75 Å². The van der Waals surface area contributed by atoms with Crippen LogP contribution in [0.1, 0.15) is 17.5 Å². The SMILES string of the molecule is O=C1C=C2c3ccccc3OC[C@]2(c2ccccc2)C1. The van der Waals surface area contributed by atoms with Crippen LogP contribution in [0.15, 0.2) is 60.7 Å². The summed E-state index contributed by atoms with van der Waals surface area (Å²) in [6.45, 7) is 0.533. The van der Waals surface area contributed by atoms with Gasteiger partial charge in [0.25, 0.3) is 0 Å². The van der Waals surface area contributed by atoms with Crippen LogP contribution in [0.4, 0.5) is 0 Å². The average molecular weight is 262 g/mol. The molecule has 98 valence electrons. The van der Waals surface area contributed by atoms with Crippen molar-refractivity contribution in [1.82, 2.24) is 0 Å². The van der Waals surface area contributed by atoms with E-state index < -0.39 is 0 Å². The molecule has 1 atom stereocenters. The molecule has 2 aromatic carbocycles. The van der Waals surface area contributed by atoms with Gasteiger partial charge in [-0.2, -0.15) is 0 Å². The first-order valence-electron chi connectivity index (χ1n) is 6.82. The Balaban J connectivity index is 1.94. The highest BCUT2D eigenvalue weighted by Gasteiger charge is 2.47. The number of carbonyl (C=O) groups excluding carboxylic acids is 1. The quantitative estimate of drug-likeness (QED) is 0.787. The van der Waals surface area contributed by atoms with Crippen molar-refractivity contribution in [3.8, 4) is 5.75 Å². The predicted octanol–water partition coefficient (Wildman–Crippen LogP) is 3.37. The Morgan fingerprint density at radius 1 is 0.950 bits per heavy atom. The van der Waals surface area contributed by atoms with E-state index in [1.54, 1.807) is 6.08 Å². The van der Waals surface area contributed by atoms with Crippen molar-refractivity contribution in [3.63, 3.8) is 0 Å². The summed E-state index contributed by atoms with van der Waals surface area (Å²) in [5.41, 5.74) is 3.00. The van der Waals surface area contributed by atoms with E-state index in [1.807, 2.05) is 42.5 Å². The largest absolute Gasteiger partial charge is 0.492 e. The number of fused-ring (bicyclic) bond motifs is 3. The molecule has 2 nitrogen and oxygen atoms in total. The highest BCUT2D eigenvalue weighted by atomic mass is 16.5. The maximum atomic E-state index is 12.1. The zero-order valence-corrected chi connectivity index (χ0v) is 11.0. The summed E-state index contributed by atoms with van der Waals surface area (Å²) in [4.78, 5) is 12.1. The molecule has 0 saturated heterocycles. The first-order valence-corrected chi connectivity index (χ1v) is 6.82. The summed E-state index contributed by atoms with van der Waals surface area (Å²) in [5, 5.41) is 0. The summed E-state index contributed by atoms with van der Waals surface area (Å²) >= 11 is 0. The zero-order valence-electron chi connectivity index (χ0n) is 11.0. The maximum absolute atomic E-state index is 12.1. The lowest BCUT2D eigenvalue weighted by molar-refractivity contribution is -0.114. The second-order valence-corrected chi connectivity index (χ2v) is 5.43. The molecule has 0 aromatic heterocycles. The number of hydrogen-bond acceptors (Lipinski definition) is 2. The van der Waals surface area contributed by atoms with Crippen molar-refractivity contribution in [2.75, 3.05) is 6.61 Å². The highest BCUT2D eigenvalue weighted by Crippen LogP contribution is 2.51. The number of carbonyl (C=O) groups is 1. The molecule has 2 heteroatoms. The minimum atomic E-state index is -0.313. The molecule has 20 heavy (non-hydrogen) atoms. The molecular weight excluding hydrogens is 248 g/mol. The number of benzene rings is 2. The van der Waals surface area contributed by atoms with Gasteiger partial charge in [-0.05, 0) is 23.3 Å². The Morgan fingerprint density at radius 2 is 1.70 bits per heavy atom. The molecule has 0 N–H and O–H groups in total. The fourth-order valence-corrected chi connectivity index (χ4v) is 3.32. The van der Waals surface area contributed by atoms with Crippen LogP contribution in [0, 0.1) is 0 Å². The molecule has 0 saturated carbocycles. The fourth-order valence-electron chi connectivity index (χ4n) is 3.32. The minimum Gasteiger partial charge on any atom is -0.492 e. The van der Waals surface area contributed by atoms with E-state index in [4.69, 9.17) is 4.74 Å². The van der Waals surface area contributed by atoms with Gasteiger partial charge in [0.1, 0.15) is 12.4 Å². The number of rotatable bonds is 1. The molecule has 2 aliphatic rings. The molecule has 1 aliphatic carbocycles. The average Bonchev–Trinajstić information content (AvgIpc) is 2.86. The molecule has 0 spiro atoms. The Hall–Kier alpha value is -2.35. The first-order chi connectivity index (χ1) is 9.79. The number of allylic oxidation sites excluding steroid dienone is 1. The third-order valence-corrected chi connectivity index (χ3v) is 4.27. The standard InChI is InChI=1S/C18H14O2/c19-14-10-16-15-8-4-5-9-17(15)20-12-18(16,11-14)13-6-2-1-3-7-13/h1-10H,11-12H2/t18-/m0/s1. The molecule has 1 aliphatic heterocycles. The second-order valence-electron chi connectivity index (χ2n) is 5.43. The van der Waals surface area contributed by atoms with Gasteiger partial charge in [-0.25, -0.2) is 0 Å². The van der Waals surface area contributed by atoms with Gasteiger partial charge < -0.3 is 4.74 Å². The summed E-state index contributed by atoms with van der Waals surface area (Å²) in [6.07, 6.45) is 2.30. The van der Waals surface area contributed by atoms with E-state index in [-0.39, 0.29) is 11.2 Å². The third-order valence-electron chi connectivity index (χ3n) is 4.27. The first kappa shape index (κ1) is 11.5. The topological polar surface area (TPSA) is 26.3 Å². The van der Waals surface area contributed by atoms with Crippen molar-refractivity contribution in [1.29, 1.82) is 0 Å². The zero-order chi connectivity index (χ0) is 13.6. The van der Waals surface area contributed by atoms with Crippen LogP contribution in [0.3, 0.4) is 0 Å². The van der Waals surface area contributed by atoms with Gasteiger partial charge in [-0.15, -0.1) is 0 Å². The minimum absolute atomic E-state index is 0.184. The Labute approximate surface area is 117 Å². The van der Waals surface area contributed by atoms with E-state index in [0.29, 0.717) is 13.0 Å². The predicted molar refractivity (Wildman–Crippen MR) is 77.7 cm³/mol. The lowest BCUT2D eigenvalue weighted by Crippen LogP contribution is -2.36. The number of ether oxygens (including phenoxy) is 1. The lowest BCUT2D eigenvalue weighted by atomic mass is 9.72. The van der Waals surface area contributed by atoms with Crippen LogP contribution in [-0.2, 0) is 10.2 Å². The second kappa shape index (κ2) is 4.07. The molecule has 0 bridgehead atoms. The fraction of sp³-hybridized carbons (Fsp3) is 0.167. The van der Waals surface area contributed by atoms with Crippen molar-refractivity contribution in [2.24, 2.45) is 0 Å². The lowest BCUT2D eigenvalue weighted by Gasteiger charge is -2.37. The van der Waals surface area contributed by atoms with Crippen LogP contribution in [0.25, 0.3) is 5.57 Å². The van der Waals surface area contributed by atoms with Gasteiger partial charge in [-0.3, -0.25) is 4.79 Å². The van der Waals surface area contributed by atoms with E-state index in [2.05, 4.69) is 12.1 Å². The summed E-state index contributed by atoms with van der Waals surface area (Å²) in [5.74, 6) is 1.06. The Bertz CT molecular complexity index is 715. The van der Waals surface area contributed by atoms with E-state index in [1.165, 1.54) is 0 Å². The third kappa shape index (κ3) is 1.48. The molecule has 4 rings (SSSR count). The van der Waals surface area contributed by atoms with Crippen molar-refractivity contribution in [2.45, 2.75) is 11.8 Å². The van der Waals surface area contributed by atoms with Gasteiger partial charge in [0.05, 0.1) is 5.41 Å². The van der Waals surface area contributed by atoms with E-state index in [9.17, 15) is 4.79 Å². The van der Waals surface area contributed by atoms with Crippen LogP contribution in [0.2, 0.25) is 0 Å². The van der Waals surface area contributed by atoms with Crippen molar-refractivity contribution >= 4 is 11.4 Å². The molecule has 0 unspecified atom stereocenters. The van der Waals surface area contributed by atoms with Gasteiger partial charge in [0, 0.05) is 12.0 Å². The molecule has 2 aromatic rings. The Kier molecular flexibility index (Phi) is 2.34. The molecule has 0 fully saturated rings. The number of para-hydroxylation sites is 1. The van der Waals surface area contributed by atoms with E-state index in [0.717, 1.165) is 22.4 Å². The number of ketones is 1. The van der Waals surface area contributed by atoms with Gasteiger partial charge in [-0.1, -0.05) is 48.5 Å². The molecular formula is C18H14O2.